The fourth-order valence-corrected chi connectivity index (χ4v) is 4.89. The van der Waals surface area contributed by atoms with E-state index in [0.717, 1.165) is 55.8 Å². The van der Waals surface area contributed by atoms with Crippen molar-refractivity contribution in [1.82, 2.24) is 24.6 Å². The van der Waals surface area contributed by atoms with Crippen molar-refractivity contribution >= 4 is 17.7 Å². The summed E-state index contributed by atoms with van der Waals surface area (Å²) < 4.78 is 2.08. The van der Waals surface area contributed by atoms with Crippen LogP contribution >= 0.6 is 11.8 Å². The van der Waals surface area contributed by atoms with Gasteiger partial charge in [0.05, 0.1) is 5.25 Å². The molecule has 0 saturated carbocycles. The summed E-state index contributed by atoms with van der Waals surface area (Å²) in [6.07, 6.45) is 0. The van der Waals surface area contributed by atoms with Crippen LogP contribution < -0.4 is 0 Å². The number of thioether (sulfide) groups is 1. The largest absolute Gasteiger partial charge is 0.339 e. The predicted octanol–water partition coefficient (Wildman–Crippen LogP) is 3.79. The number of amides is 1. The molecule has 1 atom stereocenters. The van der Waals surface area contributed by atoms with Gasteiger partial charge in [-0.25, -0.2) is 0 Å². The van der Waals surface area contributed by atoms with Crippen molar-refractivity contribution in [1.29, 1.82) is 0 Å². The Morgan fingerprint density at radius 3 is 2.26 bits per heavy atom. The topological polar surface area (TPSA) is 54.3 Å². The fraction of sp³-hybridized carbons (Fsp3) is 0.375. The summed E-state index contributed by atoms with van der Waals surface area (Å²) in [7, 11) is 0. The number of hydrogen-bond acceptors (Lipinski definition) is 5. The van der Waals surface area contributed by atoms with Gasteiger partial charge in [-0.2, -0.15) is 0 Å². The first-order valence-electron chi connectivity index (χ1n) is 10.9. The molecule has 6 nitrogen and oxygen atoms in total. The quantitative estimate of drug-likeness (QED) is 0.529. The Morgan fingerprint density at radius 1 is 0.968 bits per heavy atom. The van der Waals surface area contributed by atoms with E-state index in [1.807, 2.05) is 48.2 Å². The molecule has 7 heteroatoms. The minimum absolute atomic E-state index is 0.177. The summed E-state index contributed by atoms with van der Waals surface area (Å²) in [6, 6.07) is 20.6. The van der Waals surface area contributed by atoms with Crippen LogP contribution in [0.2, 0.25) is 0 Å². The Labute approximate surface area is 188 Å². The molecule has 1 amide bonds. The zero-order chi connectivity index (χ0) is 21.6. The molecule has 1 unspecified atom stereocenters. The Morgan fingerprint density at radius 2 is 1.61 bits per heavy atom. The maximum Gasteiger partial charge on any atom is 0.235 e. The van der Waals surface area contributed by atoms with E-state index in [4.69, 9.17) is 0 Å². The van der Waals surface area contributed by atoms with Gasteiger partial charge in [0.25, 0.3) is 0 Å². The second-order valence-electron chi connectivity index (χ2n) is 7.76. The number of benzene rings is 2. The van der Waals surface area contributed by atoms with Gasteiger partial charge in [-0.1, -0.05) is 72.4 Å². The molecule has 1 aromatic heterocycles. The lowest BCUT2D eigenvalue weighted by Crippen LogP contribution is -2.50. The lowest BCUT2D eigenvalue weighted by atomic mass is 10.2. The van der Waals surface area contributed by atoms with Crippen molar-refractivity contribution in [2.45, 2.75) is 37.3 Å². The van der Waals surface area contributed by atoms with Crippen LogP contribution in [0, 0.1) is 0 Å². The molecule has 1 aliphatic rings. The molecule has 1 aliphatic heterocycles. The Balaban J connectivity index is 1.35. The number of carbonyl (C=O) groups is 1. The van der Waals surface area contributed by atoms with Gasteiger partial charge < -0.3 is 9.47 Å². The van der Waals surface area contributed by atoms with Crippen molar-refractivity contribution < 1.29 is 4.79 Å². The first kappa shape index (κ1) is 21.6. The molecule has 2 heterocycles. The van der Waals surface area contributed by atoms with Crippen molar-refractivity contribution in [2.24, 2.45) is 0 Å². The standard InChI is InChI=1S/C24H29N5OS/c1-3-29-22(21-12-8-5-9-13-21)25-26-24(29)31-19(2)23(30)28-16-14-27(15-17-28)18-20-10-6-4-7-11-20/h4-13,19H,3,14-18H2,1-2H3. The molecule has 0 spiro atoms. The van der Waals surface area contributed by atoms with Gasteiger partial charge in [0, 0.05) is 44.8 Å². The highest BCUT2D eigenvalue weighted by Crippen LogP contribution is 2.27. The van der Waals surface area contributed by atoms with E-state index >= 15 is 0 Å². The third-order valence-corrected chi connectivity index (χ3v) is 6.70. The second-order valence-corrected chi connectivity index (χ2v) is 9.07. The van der Waals surface area contributed by atoms with Crippen LogP contribution in [-0.2, 0) is 17.9 Å². The monoisotopic (exact) mass is 435 g/mol. The van der Waals surface area contributed by atoms with Crippen molar-refractivity contribution in [3.63, 3.8) is 0 Å². The van der Waals surface area contributed by atoms with Gasteiger partial charge in [0.1, 0.15) is 0 Å². The highest BCUT2D eigenvalue weighted by atomic mass is 32.2. The maximum absolute atomic E-state index is 13.1. The third kappa shape index (κ3) is 5.17. The molecule has 0 radical (unpaired) electrons. The van der Waals surface area contributed by atoms with E-state index in [2.05, 4.69) is 50.9 Å². The zero-order valence-electron chi connectivity index (χ0n) is 18.1. The molecule has 4 rings (SSSR count). The van der Waals surface area contributed by atoms with Crippen LogP contribution in [0.25, 0.3) is 11.4 Å². The Bertz CT molecular complexity index is 984. The van der Waals surface area contributed by atoms with Gasteiger partial charge in [-0.05, 0) is 19.4 Å². The van der Waals surface area contributed by atoms with E-state index in [9.17, 15) is 4.79 Å². The SMILES string of the molecule is CCn1c(SC(C)C(=O)N2CCN(Cc3ccccc3)CC2)nnc1-c1ccccc1. The second kappa shape index (κ2) is 10.1. The molecular formula is C24H29N5OS. The highest BCUT2D eigenvalue weighted by molar-refractivity contribution is 8.00. The van der Waals surface area contributed by atoms with Crippen LogP contribution in [0.1, 0.15) is 19.4 Å². The van der Waals surface area contributed by atoms with Crippen LogP contribution in [0.5, 0.6) is 0 Å². The van der Waals surface area contributed by atoms with Gasteiger partial charge in [0.15, 0.2) is 11.0 Å². The molecule has 0 bridgehead atoms. The smallest absolute Gasteiger partial charge is 0.235 e. The number of carbonyl (C=O) groups excluding carboxylic acids is 1. The minimum Gasteiger partial charge on any atom is -0.339 e. The van der Waals surface area contributed by atoms with Crippen molar-refractivity contribution in [3.8, 4) is 11.4 Å². The van der Waals surface area contributed by atoms with Gasteiger partial charge >= 0.3 is 0 Å². The van der Waals surface area contributed by atoms with E-state index in [0.29, 0.717) is 0 Å². The summed E-state index contributed by atoms with van der Waals surface area (Å²) in [6.45, 7) is 9.10. The molecule has 0 aliphatic carbocycles. The van der Waals surface area contributed by atoms with E-state index in [1.54, 1.807) is 0 Å². The van der Waals surface area contributed by atoms with Crippen LogP contribution in [0.3, 0.4) is 0 Å². The van der Waals surface area contributed by atoms with E-state index < -0.39 is 0 Å². The molecule has 162 valence electrons. The maximum atomic E-state index is 13.1. The summed E-state index contributed by atoms with van der Waals surface area (Å²) in [5.74, 6) is 1.02. The van der Waals surface area contributed by atoms with Crippen molar-refractivity contribution in [2.75, 3.05) is 26.2 Å². The molecular weight excluding hydrogens is 406 g/mol. The minimum atomic E-state index is -0.196. The molecule has 3 aromatic rings. The first-order valence-corrected chi connectivity index (χ1v) is 11.7. The number of aromatic nitrogens is 3. The normalized spacial score (nSPS) is 15.7. The summed E-state index contributed by atoms with van der Waals surface area (Å²) in [4.78, 5) is 17.5. The molecule has 1 saturated heterocycles. The van der Waals surface area contributed by atoms with Crippen LogP contribution in [0.15, 0.2) is 65.8 Å². The first-order chi connectivity index (χ1) is 15.2. The fourth-order valence-electron chi connectivity index (χ4n) is 3.90. The number of rotatable bonds is 7. The Kier molecular flexibility index (Phi) is 7.04. The van der Waals surface area contributed by atoms with Gasteiger partial charge in [0.2, 0.25) is 5.91 Å². The average molecular weight is 436 g/mol. The van der Waals surface area contributed by atoms with Gasteiger partial charge in [-0.3, -0.25) is 9.69 Å². The van der Waals surface area contributed by atoms with Gasteiger partial charge in [-0.15, -0.1) is 10.2 Å². The predicted molar refractivity (Wildman–Crippen MR) is 125 cm³/mol. The lowest BCUT2D eigenvalue weighted by Gasteiger charge is -2.35. The van der Waals surface area contributed by atoms with E-state index in [-0.39, 0.29) is 11.2 Å². The van der Waals surface area contributed by atoms with Crippen LogP contribution in [0.4, 0.5) is 0 Å². The number of piperazine rings is 1. The third-order valence-electron chi connectivity index (χ3n) is 5.63. The summed E-state index contributed by atoms with van der Waals surface area (Å²) >= 11 is 1.50. The highest BCUT2D eigenvalue weighted by Gasteiger charge is 2.27. The molecule has 1 fully saturated rings. The zero-order valence-corrected chi connectivity index (χ0v) is 19.0. The molecule has 31 heavy (non-hydrogen) atoms. The molecule has 0 N–H and O–H groups in total. The van der Waals surface area contributed by atoms with E-state index in [1.165, 1.54) is 17.3 Å². The number of nitrogens with zero attached hydrogens (tertiary/aromatic N) is 5. The summed E-state index contributed by atoms with van der Waals surface area (Å²) in [5, 5.41) is 9.38. The van der Waals surface area contributed by atoms with Crippen LogP contribution in [-0.4, -0.2) is 61.9 Å². The van der Waals surface area contributed by atoms with Crippen molar-refractivity contribution in [3.05, 3.63) is 66.2 Å². The summed E-state index contributed by atoms with van der Waals surface area (Å²) in [5.41, 5.74) is 2.36. The lowest BCUT2D eigenvalue weighted by molar-refractivity contribution is -0.132. The molecule has 2 aromatic carbocycles. The average Bonchev–Trinajstić information content (AvgIpc) is 3.22. The Hall–Kier alpha value is -2.64. The number of hydrogen-bond donors (Lipinski definition) is 0.